The molecule has 0 bridgehead atoms. The maximum atomic E-state index is 12.7. The van der Waals surface area contributed by atoms with Gasteiger partial charge in [0.1, 0.15) is 18.3 Å². The van der Waals surface area contributed by atoms with Crippen molar-refractivity contribution in [1.82, 2.24) is 0 Å². The van der Waals surface area contributed by atoms with Crippen molar-refractivity contribution in [3.05, 3.63) is 53.1 Å². The molecule has 4 nitrogen and oxygen atoms in total. The van der Waals surface area contributed by atoms with Crippen molar-refractivity contribution < 1.29 is 9.53 Å². The number of benzene rings is 2. The summed E-state index contributed by atoms with van der Waals surface area (Å²) in [5, 5.41) is 0.543. The van der Waals surface area contributed by atoms with E-state index in [0.717, 1.165) is 11.3 Å². The molecular formula is C16H15ClN2O2. The highest BCUT2D eigenvalue weighted by Crippen LogP contribution is 2.36. The van der Waals surface area contributed by atoms with E-state index in [1.165, 1.54) is 4.90 Å². The lowest BCUT2D eigenvalue weighted by Gasteiger charge is -2.22. The third-order valence-electron chi connectivity index (χ3n) is 3.68. The molecule has 1 atom stereocenters. The fraction of sp³-hybridized carbons (Fsp3) is 0.188. The summed E-state index contributed by atoms with van der Waals surface area (Å²) in [5.41, 5.74) is 7.97. The van der Waals surface area contributed by atoms with Gasteiger partial charge in [0.05, 0.1) is 11.4 Å². The number of likely N-dealkylation sites (N-methyl/N-ethyl adjacent to an activating group) is 1. The van der Waals surface area contributed by atoms with Crippen LogP contribution in [-0.4, -0.2) is 19.6 Å². The highest BCUT2D eigenvalue weighted by molar-refractivity contribution is 6.31. The Bertz CT molecular complexity index is 702. The molecule has 0 aliphatic carbocycles. The van der Waals surface area contributed by atoms with E-state index >= 15 is 0 Å². The molecule has 0 fully saturated rings. The van der Waals surface area contributed by atoms with Crippen molar-refractivity contribution >= 4 is 28.9 Å². The number of para-hydroxylation sites is 1. The number of amides is 1. The Morgan fingerprint density at radius 3 is 2.90 bits per heavy atom. The number of anilines is 2. The molecule has 0 saturated heterocycles. The summed E-state index contributed by atoms with van der Waals surface area (Å²) in [6, 6.07) is 12.7. The zero-order chi connectivity index (χ0) is 15.0. The summed E-state index contributed by atoms with van der Waals surface area (Å²) in [5.74, 6) is 0.391. The van der Waals surface area contributed by atoms with Crippen LogP contribution in [0.4, 0.5) is 11.4 Å². The minimum absolute atomic E-state index is 0.0612. The molecule has 1 aliphatic rings. The summed E-state index contributed by atoms with van der Waals surface area (Å²) in [6.45, 7) is 0.350. The van der Waals surface area contributed by atoms with Crippen molar-refractivity contribution in [2.75, 3.05) is 24.3 Å². The number of hydrogen-bond acceptors (Lipinski definition) is 3. The molecule has 2 aromatic rings. The molecule has 0 saturated carbocycles. The van der Waals surface area contributed by atoms with E-state index in [1.807, 2.05) is 24.3 Å². The molecule has 1 heterocycles. The lowest BCUT2D eigenvalue weighted by molar-refractivity contribution is -0.119. The third-order valence-corrected chi connectivity index (χ3v) is 3.92. The number of nitrogens with two attached hydrogens (primary N) is 1. The fourth-order valence-electron chi connectivity index (χ4n) is 2.53. The van der Waals surface area contributed by atoms with E-state index in [4.69, 9.17) is 22.1 Å². The molecule has 1 unspecified atom stereocenters. The number of carbonyl (C=O) groups is 1. The van der Waals surface area contributed by atoms with Gasteiger partial charge in [0, 0.05) is 17.6 Å². The van der Waals surface area contributed by atoms with Gasteiger partial charge in [0.25, 0.3) is 0 Å². The minimum atomic E-state index is -0.315. The van der Waals surface area contributed by atoms with E-state index in [1.54, 1.807) is 25.2 Å². The van der Waals surface area contributed by atoms with Crippen LogP contribution in [0.5, 0.6) is 5.75 Å². The summed E-state index contributed by atoms with van der Waals surface area (Å²) in [7, 11) is 1.70. The Morgan fingerprint density at radius 1 is 1.33 bits per heavy atom. The largest absolute Gasteiger partial charge is 0.492 e. The average Bonchev–Trinajstić information content (AvgIpc) is 2.92. The Balaban J connectivity index is 1.91. The van der Waals surface area contributed by atoms with Crippen molar-refractivity contribution in [1.29, 1.82) is 0 Å². The lowest BCUT2D eigenvalue weighted by atomic mass is 9.99. The van der Waals surface area contributed by atoms with E-state index in [-0.39, 0.29) is 11.8 Å². The van der Waals surface area contributed by atoms with E-state index in [2.05, 4.69) is 0 Å². The summed E-state index contributed by atoms with van der Waals surface area (Å²) < 4.78 is 5.57. The number of nitrogen functional groups attached to an aromatic ring is 1. The normalized spacial score (nSPS) is 16.2. The number of nitrogens with zero attached hydrogens (tertiary/aromatic N) is 1. The average molecular weight is 303 g/mol. The van der Waals surface area contributed by atoms with Gasteiger partial charge in [-0.05, 0) is 24.3 Å². The van der Waals surface area contributed by atoms with Crippen molar-refractivity contribution in [2.45, 2.75) is 5.92 Å². The van der Waals surface area contributed by atoms with Crippen LogP contribution in [0.1, 0.15) is 11.5 Å². The highest BCUT2D eigenvalue weighted by Gasteiger charge is 2.32. The molecule has 2 N–H and O–H groups in total. The molecule has 2 aromatic carbocycles. The Hall–Kier alpha value is -2.20. The number of halogens is 1. The van der Waals surface area contributed by atoms with Gasteiger partial charge in [-0.2, -0.15) is 0 Å². The Morgan fingerprint density at radius 2 is 2.10 bits per heavy atom. The van der Waals surface area contributed by atoms with Crippen molar-refractivity contribution in [3.8, 4) is 5.75 Å². The van der Waals surface area contributed by atoms with Crippen molar-refractivity contribution in [3.63, 3.8) is 0 Å². The first-order valence-electron chi connectivity index (χ1n) is 6.62. The lowest BCUT2D eigenvalue weighted by Crippen LogP contribution is -2.32. The predicted octanol–water partition coefficient (Wildman–Crippen LogP) is 3.06. The number of ether oxygens (including phenoxy) is 1. The molecule has 1 aliphatic heterocycles. The van der Waals surface area contributed by atoms with E-state index in [0.29, 0.717) is 23.0 Å². The molecule has 0 aromatic heterocycles. The first-order chi connectivity index (χ1) is 10.1. The zero-order valence-electron chi connectivity index (χ0n) is 11.5. The Kier molecular flexibility index (Phi) is 3.47. The van der Waals surface area contributed by atoms with Crippen molar-refractivity contribution in [2.24, 2.45) is 0 Å². The smallest absolute Gasteiger partial charge is 0.237 e. The third kappa shape index (κ3) is 2.43. The first kappa shape index (κ1) is 13.8. The molecule has 1 amide bonds. The molecule has 21 heavy (non-hydrogen) atoms. The highest BCUT2D eigenvalue weighted by atomic mass is 35.5. The van der Waals surface area contributed by atoms with Crippen LogP contribution < -0.4 is 15.4 Å². The van der Waals surface area contributed by atoms with Gasteiger partial charge in [-0.15, -0.1) is 0 Å². The van der Waals surface area contributed by atoms with Crippen LogP contribution in [0.2, 0.25) is 5.02 Å². The molecule has 108 valence electrons. The first-order valence-corrected chi connectivity index (χ1v) is 7.00. The summed E-state index contributed by atoms with van der Waals surface area (Å²) in [6.07, 6.45) is 0. The molecular weight excluding hydrogens is 288 g/mol. The van der Waals surface area contributed by atoms with Crippen LogP contribution in [0.15, 0.2) is 42.5 Å². The monoisotopic (exact) mass is 302 g/mol. The quantitative estimate of drug-likeness (QED) is 0.867. The minimum Gasteiger partial charge on any atom is -0.492 e. The van der Waals surface area contributed by atoms with Gasteiger partial charge < -0.3 is 15.4 Å². The van der Waals surface area contributed by atoms with Crippen LogP contribution in [0.3, 0.4) is 0 Å². The number of rotatable bonds is 2. The zero-order valence-corrected chi connectivity index (χ0v) is 12.3. The second kappa shape index (κ2) is 5.30. The maximum Gasteiger partial charge on any atom is 0.237 e. The molecule has 0 radical (unpaired) electrons. The standard InChI is InChI=1S/C16H15ClN2O2/c1-19(14-8-10(17)6-7-13(14)18)16(20)12-9-21-15-5-3-2-4-11(12)15/h2-8,12H,9,18H2,1H3. The van der Waals surface area contributed by atoms with Gasteiger partial charge in [-0.3, -0.25) is 4.79 Å². The van der Waals surface area contributed by atoms with E-state index < -0.39 is 0 Å². The molecule has 5 heteroatoms. The fourth-order valence-corrected chi connectivity index (χ4v) is 2.69. The van der Waals surface area contributed by atoms with Gasteiger partial charge in [-0.1, -0.05) is 29.8 Å². The second-order valence-corrected chi connectivity index (χ2v) is 5.44. The number of hydrogen-bond donors (Lipinski definition) is 1. The topological polar surface area (TPSA) is 55.6 Å². The summed E-state index contributed by atoms with van der Waals surface area (Å²) >= 11 is 5.99. The Labute approximate surface area is 128 Å². The van der Waals surface area contributed by atoms with Crippen LogP contribution in [0.25, 0.3) is 0 Å². The summed E-state index contributed by atoms with van der Waals surface area (Å²) in [4.78, 5) is 14.3. The number of carbonyl (C=O) groups excluding carboxylic acids is 1. The second-order valence-electron chi connectivity index (χ2n) is 5.00. The molecule has 3 rings (SSSR count). The van der Waals surface area contributed by atoms with Gasteiger partial charge in [0.2, 0.25) is 5.91 Å². The van der Waals surface area contributed by atoms with Gasteiger partial charge in [-0.25, -0.2) is 0 Å². The van der Waals surface area contributed by atoms with Gasteiger partial charge >= 0.3 is 0 Å². The van der Waals surface area contributed by atoms with Gasteiger partial charge in [0.15, 0.2) is 0 Å². The van der Waals surface area contributed by atoms with Crippen LogP contribution in [0, 0.1) is 0 Å². The number of fused-ring (bicyclic) bond motifs is 1. The van der Waals surface area contributed by atoms with Crippen LogP contribution >= 0.6 is 11.6 Å². The van der Waals surface area contributed by atoms with E-state index in [9.17, 15) is 4.79 Å². The SMILES string of the molecule is CN(C(=O)C1COc2ccccc21)c1cc(Cl)ccc1N. The maximum absolute atomic E-state index is 12.7. The predicted molar refractivity (Wildman–Crippen MR) is 84.0 cm³/mol. The molecule has 0 spiro atoms. The van der Waals surface area contributed by atoms with Crippen LogP contribution in [-0.2, 0) is 4.79 Å².